The van der Waals surface area contributed by atoms with Gasteiger partial charge in [0.15, 0.2) is 6.29 Å². The molecule has 0 aliphatic rings. The van der Waals surface area contributed by atoms with Crippen LogP contribution < -0.4 is 10.9 Å². The molecule has 2 aromatic heterocycles. The number of rotatable bonds is 4. The summed E-state index contributed by atoms with van der Waals surface area (Å²) >= 11 is 0. The third kappa shape index (κ3) is 2.15. The summed E-state index contributed by atoms with van der Waals surface area (Å²) in [5.41, 5.74) is 0.0579. The minimum atomic E-state index is -0.560. The number of hydrogen-bond acceptors (Lipinski definition) is 7. The van der Waals surface area contributed by atoms with Crippen LogP contribution in [0.25, 0.3) is 0 Å². The van der Waals surface area contributed by atoms with Gasteiger partial charge in [-0.1, -0.05) is 0 Å². The quantitative estimate of drug-likeness (QED) is 0.349. The van der Waals surface area contributed by atoms with Crippen molar-refractivity contribution in [2.75, 3.05) is 5.01 Å². The van der Waals surface area contributed by atoms with Crippen LogP contribution in [0.4, 0.5) is 17.5 Å². The molecule has 2 heterocycles. The van der Waals surface area contributed by atoms with Gasteiger partial charge in [-0.15, -0.1) is 0 Å². The van der Waals surface area contributed by atoms with Gasteiger partial charge in [0.2, 0.25) is 5.95 Å². The normalized spacial score (nSPS) is 10.1. The van der Waals surface area contributed by atoms with Crippen molar-refractivity contribution in [1.29, 1.82) is 0 Å². The van der Waals surface area contributed by atoms with Crippen molar-refractivity contribution in [3.8, 4) is 0 Å². The van der Waals surface area contributed by atoms with Gasteiger partial charge in [-0.05, 0) is 6.07 Å². The van der Waals surface area contributed by atoms with Gasteiger partial charge in [-0.3, -0.25) is 14.9 Å². The second-order valence-corrected chi connectivity index (χ2v) is 3.27. The van der Waals surface area contributed by atoms with Crippen molar-refractivity contribution in [2.24, 2.45) is 5.84 Å². The number of nitro groups is 1. The molecule has 18 heavy (non-hydrogen) atoms. The zero-order valence-electron chi connectivity index (χ0n) is 8.98. The summed E-state index contributed by atoms with van der Waals surface area (Å²) in [4.78, 5) is 30.7. The summed E-state index contributed by atoms with van der Waals surface area (Å²) < 4.78 is 0. The van der Waals surface area contributed by atoms with Crippen LogP contribution in [0.1, 0.15) is 10.5 Å². The number of aromatic nitrogens is 3. The summed E-state index contributed by atoms with van der Waals surface area (Å²) in [7, 11) is 0. The van der Waals surface area contributed by atoms with Crippen LogP contribution in [-0.4, -0.2) is 26.2 Å². The van der Waals surface area contributed by atoms with Crippen LogP contribution >= 0.6 is 0 Å². The number of pyridine rings is 1. The molecular formula is C9H8N6O3. The molecule has 9 heteroatoms. The highest BCUT2D eigenvalue weighted by Gasteiger charge is 2.12. The third-order valence-corrected chi connectivity index (χ3v) is 2.12. The van der Waals surface area contributed by atoms with E-state index in [1.807, 2.05) is 0 Å². The molecule has 0 bridgehead atoms. The van der Waals surface area contributed by atoms with Crippen molar-refractivity contribution >= 4 is 23.7 Å². The van der Waals surface area contributed by atoms with E-state index in [1.54, 1.807) is 0 Å². The maximum absolute atomic E-state index is 10.5. The molecular weight excluding hydrogens is 240 g/mol. The topological polar surface area (TPSA) is 131 Å². The van der Waals surface area contributed by atoms with E-state index in [1.165, 1.54) is 18.3 Å². The summed E-state index contributed by atoms with van der Waals surface area (Å²) in [5, 5.41) is 11.5. The third-order valence-electron chi connectivity index (χ3n) is 2.12. The zero-order valence-corrected chi connectivity index (χ0v) is 8.98. The van der Waals surface area contributed by atoms with Gasteiger partial charge in [0.1, 0.15) is 17.7 Å². The Morgan fingerprint density at radius 1 is 1.50 bits per heavy atom. The molecule has 9 nitrogen and oxygen atoms in total. The number of carbonyl (C=O) groups is 1. The van der Waals surface area contributed by atoms with Crippen LogP contribution in [0.3, 0.4) is 0 Å². The maximum Gasteiger partial charge on any atom is 0.287 e. The summed E-state index contributed by atoms with van der Waals surface area (Å²) in [5.74, 6) is 6.17. The Hall–Kier alpha value is -2.81. The Morgan fingerprint density at radius 2 is 2.28 bits per heavy atom. The number of aldehydes is 1. The zero-order chi connectivity index (χ0) is 13.1. The van der Waals surface area contributed by atoms with Gasteiger partial charge in [-0.25, -0.2) is 20.8 Å². The van der Waals surface area contributed by atoms with Crippen LogP contribution in [0.5, 0.6) is 0 Å². The minimum Gasteiger partial charge on any atom is -0.329 e. The van der Waals surface area contributed by atoms with Crippen molar-refractivity contribution in [1.82, 2.24) is 15.0 Å². The second-order valence-electron chi connectivity index (χ2n) is 3.27. The summed E-state index contributed by atoms with van der Waals surface area (Å²) in [6.45, 7) is 0. The largest absolute Gasteiger partial charge is 0.329 e. The number of hydrogen-bond donors (Lipinski definition) is 2. The molecule has 2 rings (SSSR count). The number of nitrogens with one attached hydrogen (secondary N) is 1. The lowest BCUT2D eigenvalue weighted by molar-refractivity contribution is -0.385. The summed E-state index contributed by atoms with van der Waals surface area (Å²) in [6.07, 6.45) is 3.03. The fourth-order valence-electron chi connectivity index (χ4n) is 1.25. The first-order valence-electron chi connectivity index (χ1n) is 4.77. The Morgan fingerprint density at radius 3 is 2.78 bits per heavy atom. The van der Waals surface area contributed by atoms with Crippen LogP contribution in [0.15, 0.2) is 24.5 Å². The molecule has 0 fully saturated rings. The Labute approximate surface area is 100 Å². The van der Waals surface area contributed by atoms with Gasteiger partial charge in [-0.2, -0.15) is 0 Å². The number of nitrogens with zero attached hydrogens (tertiary/aromatic N) is 4. The molecule has 0 radical (unpaired) electrons. The Kier molecular flexibility index (Phi) is 2.98. The standard InChI is InChI=1S/C9H8N6O3/c10-14(9-12-3-6(5-16)13-9)8-2-1-7(4-11-8)15(17)18/h1-5H,10H2,(H,12,13). The highest BCUT2D eigenvalue weighted by atomic mass is 16.6. The fourth-order valence-corrected chi connectivity index (χ4v) is 1.25. The maximum atomic E-state index is 10.5. The number of carbonyl (C=O) groups excluding carboxylic acids is 1. The number of hydrazine groups is 1. The van der Waals surface area contributed by atoms with Crippen molar-refractivity contribution in [3.05, 3.63) is 40.3 Å². The lowest BCUT2D eigenvalue weighted by Gasteiger charge is -2.13. The number of H-pyrrole nitrogens is 1. The van der Waals surface area contributed by atoms with Gasteiger partial charge >= 0.3 is 0 Å². The molecule has 0 saturated carbocycles. The smallest absolute Gasteiger partial charge is 0.287 e. The predicted molar refractivity (Wildman–Crippen MR) is 61.2 cm³/mol. The van der Waals surface area contributed by atoms with E-state index >= 15 is 0 Å². The fraction of sp³-hybridized carbons (Fsp3) is 0. The van der Waals surface area contributed by atoms with E-state index in [4.69, 9.17) is 5.84 Å². The first kappa shape index (κ1) is 11.7. The van der Waals surface area contributed by atoms with E-state index < -0.39 is 4.92 Å². The first-order chi connectivity index (χ1) is 8.61. The van der Waals surface area contributed by atoms with E-state index in [0.717, 1.165) is 11.2 Å². The molecule has 0 saturated heterocycles. The predicted octanol–water partition coefficient (Wildman–Crippen LogP) is 0.537. The number of anilines is 2. The molecule has 0 aliphatic carbocycles. The van der Waals surface area contributed by atoms with Crippen molar-refractivity contribution in [2.45, 2.75) is 0 Å². The van der Waals surface area contributed by atoms with E-state index in [2.05, 4.69) is 15.0 Å². The first-order valence-corrected chi connectivity index (χ1v) is 4.77. The average molecular weight is 248 g/mol. The average Bonchev–Trinajstić information content (AvgIpc) is 2.86. The monoisotopic (exact) mass is 248 g/mol. The van der Waals surface area contributed by atoms with Crippen LogP contribution in [0, 0.1) is 10.1 Å². The van der Waals surface area contributed by atoms with Gasteiger partial charge in [0.05, 0.1) is 4.92 Å². The molecule has 2 aromatic rings. The number of imidazole rings is 1. The lowest BCUT2D eigenvalue weighted by Crippen LogP contribution is -2.27. The molecule has 0 unspecified atom stereocenters. The number of nitrogens with two attached hydrogens (primary N) is 1. The highest BCUT2D eigenvalue weighted by molar-refractivity contribution is 5.72. The van der Waals surface area contributed by atoms with Gasteiger partial charge < -0.3 is 4.98 Å². The number of aromatic amines is 1. The molecule has 0 amide bonds. The van der Waals surface area contributed by atoms with Crippen molar-refractivity contribution < 1.29 is 9.72 Å². The molecule has 0 aliphatic heterocycles. The van der Waals surface area contributed by atoms with Crippen LogP contribution in [-0.2, 0) is 0 Å². The molecule has 0 aromatic carbocycles. The van der Waals surface area contributed by atoms with Crippen LogP contribution in [0.2, 0.25) is 0 Å². The lowest BCUT2D eigenvalue weighted by atomic mass is 10.4. The molecule has 0 atom stereocenters. The van der Waals surface area contributed by atoms with Gasteiger partial charge in [0, 0.05) is 12.3 Å². The highest BCUT2D eigenvalue weighted by Crippen LogP contribution is 2.18. The molecule has 3 N–H and O–H groups in total. The molecule has 0 spiro atoms. The van der Waals surface area contributed by atoms with E-state index in [9.17, 15) is 14.9 Å². The Balaban J connectivity index is 2.25. The van der Waals surface area contributed by atoms with Crippen molar-refractivity contribution in [3.63, 3.8) is 0 Å². The van der Waals surface area contributed by atoms with E-state index in [0.29, 0.717) is 6.29 Å². The summed E-state index contributed by atoms with van der Waals surface area (Å²) in [6, 6.07) is 2.65. The Bertz CT molecular complexity index is 578. The van der Waals surface area contributed by atoms with E-state index in [-0.39, 0.29) is 23.1 Å². The minimum absolute atomic E-state index is 0.139. The second kappa shape index (κ2) is 4.59. The van der Waals surface area contributed by atoms with Gasteiger partial charge in [0.25, 0.3) is 5.69 Å². The molecule has 92 valence electrons. The SMILES string of the molecule is NN(c1ccc([N+](=O)[O-])cn1)c1nc(C=O)c[nH]1.